The normalized spacial score (nSPS) is 11.3. The van der Waals surface area contributed by atoms with Gasteiger partial charge in [0.2, 0.25) is 0 Å². The molecule has 0 saturated carbocycles. The highest BCUT2D eigenvalue weighted by Gasteiger charge is 2.06. The van der Waals surface area contributed by atoms with Crippen molar-refractivity contribution >= 4 is 10.9 Å². The summed E-state index contributed by atoms with van der Waals surface area (Å²) in [5.74, 6) is 0.960. The minimum Gasteiger partial charge on any atom is -0.340 e. The number of nitrogens with zero attached hydrogens (tertiary/aromatic N) is 4. The molecule has 2 aromatic heterocycles. The molecule has 0 aliphatic heterocycles. The van der Waals surface area contributed by atoms with Gasteiger partial charge in [0.1, 0.15) is 6.33 Å². The molecule has 3 rings (SSSR count). The second-order valence-corrected chi connectivity index (χ2v) is 5.37. The highest BCUT2D eigenvalue weighted by molar-refractivity contribution is 5.80. The average Bonchev–Trinajstić information content (AvgIpc) is 3.07. The Labute approximate surface area is 124 Å². The van der Waals surface area contributed by atoms with Gasteiger partial charge in [-0.1, -0.05) is 19.1 Å². The largest absolute Gasteiger partial charge is 0.340 e. The van der Waals surface area contributed by atoms with E-state index in [0.29, 0.717) is 0 Å². The Morgan fingerprint density at radius 2 is 2.14 bits per heavy atom. The Hall–Kier alpha value is -2.14. The number of aromatic nitrogens is 4. The SMILES string of the molecule is CCCNCc1ccc2ccn(Cc3nncn3C)c2c1. The molecule has 0 bridgehead atoms. The second-order valence-electron chi connectivity index (χ2n) is 5.37. The fourth-order valence-electron chi connectivity index (χ4n) is 2.49. The van der Waals surface area contributed by atoms with Crippen LogP contribution >= 0.6 is 0 Å². The third-order valence-corrected chi connectivity index (χ3v) is 3.71. The fraction of sp³-hybridized carbons (Fsp3) is 0.375. The zero-order valence-electron chi connectivity index (χ0n) is 12.6. The Kier molecular flexibility index (Phi) is 4.01. The summed E-state index contributed by atoms with van der Waals surface area (Å²) in [4.78, 5) is 0. The first kappa shape index (κ1) is 13.8. The molecule has 5 heteroatoms. The molecular formula is C16H21N5. The van der Waals surface area contributed by atoms with E-state index in [1.807, 2.05) is 11.6 Å². The summed E-state index contributed by atoms with van der Waals surface area (Å²) in [6.07, 6.45) is 5.01. The third-order valence-electron chi connectivity index (χ3n) is 3.71. The Bertz CT molecular complexity index is 725. The van der Waals surface area contributed by atoms with Crippen LogP contribution in [0.15, 0.2) is 36.8 Å². The van der Waals surface area contributed by atoms with Crippen molar-refractivity contribution in [3.05, 3.63) is 48.2 Å². The van der Waals surface area contributed by atoms with E-state index in [9.17, 15) is 0 Å². The van der Waals surface area contributed by atoms with Crippen LogP contribution in [-0.4, -0.2) is 25.9 Å². The van der Waals surface area contributed by atoms with E-state index in [4.69, 9.17) is 0 Å². The van der Waals surface area contributed by atoms with Crippen LogP contribution in [0.3, 0.4) is 0 Å². The van der Waals surface area contributed by atoms with Crippen molar-refractivity contribution in [3.8, 4) is 0 Å². The van der Waals surface area contributed by atoms with Crippen LogP contribution in [0.2, 0.25) is 0 Å². The summed E-state index contributed by atoms with van der Waals surface area (Å²) in [7, 11) is 1.97. The van der Waals surface area contributed by atoms with Gasteiger partial charge in [0.25, 0.3) is 0 Å². The number of hydrogen-bond acceptors (Lipinski definition) is 3. The molecule has 0 amide bonds. The molecule has 0 aliphatic carbocycles. The van der Waals surface area contributed by atoms with Gasteiger partial charge in [0.05, 0.1) is 6.54 Å². The van der Waals surface area contributed by atoms with Crippen molar-refractivity contribution in [1.82, 2.24) is 24.6 Å². The van der Waals surface area contributed by atoms with Crippen LogP contribution in [0, 0.1) is 0 Å². The standard InChI is InChI=1S/C16H21N5/c1-3-7-17-10-13-4-5-14-6-8-21(15(14)9-13)11-16-19-18-12-20(16)2/h4-6,8-9,12,17H,3,7,10-11H2,1-2H3. The summed E-state index contributed by atoms with van der Waals surface area (Å²) in [6, 6.07) is 8.78. The number of benzene rings is 1. The number of aryl methyl sites for hydroxylation is 1. The van der Waals surface area contributed by atoms with E-state index < -0.39 is 0 Å². The van der Waals surface area contributed by atoms with Crippen LogP contribution in [0.4, 0.5) is 0 Å². The van der Waals surface area contributed by atoms with Crippen LogP contribution in [-0.2, 0) is 20.1 Å². The molecule has 0 fully saturated rings. The van der Waals surface area contributed by atoms with Crippen molar-refractivity contribution in [2.45, 2.75) is 26.4 Å². The zero-order chi connectivity index (χ0) is 14.7. The van der Waals surface area contributed by atoms with Gasteiger partial charge in [-0.3, -0.25) is 0 Å². The molecule has 5 nitrogen and oxygen atoms in total. The topological polar surface area (TPSA) is 47.7 Å². The van der Waals surface area contributed by atoms with Crippen molar-refractivity contribution in [2.75, 3.05) is 6.54 Å². The van der Waals surface area contributed by atoms with E-state index in [2.05, 4.69) is 57.5 Å². The lowest BCUT2D eigenvalue weighted by Gasteiger charge is -2.07. The Balaban J connectivity index is 1.85. The zero-order valence-corrected chi connectivity index (χ0v) is 12.6. The molecule has 0 aliphatic rings. The highest BCUT2D eigenvalue weighted by atomic mass is 15.3. The van der Waals surface area contributed by atoms with Crippen LogP contribution in [0.25, 0.3) is 10.9 Å². The van der Waals surface area contributed by atoms with Gasteiger partial charge in [-0.25, -0.2) is 0 Å². The van der Waals surface area contributed by atoms with E-state index >= 15 is 0 Å². The van der Waals surface area contributed by atoms with Crippen LogP contribution in [0.1, 0.15) is 24.7 Å². The molecule has 3 aromatic rings. The van der Waals surface area contributed by atoms with Crippen LogP contribution < -0.4 is 5.32 Å². The van der Waals surface area contributed by atoms with E-state index in [0.717, 1.165) is 31.9 Å². The summed E-state index contributed by atoms with van der Waals surface area (Å²) < 4.78 is 4.18. The molecule has 0 atom stereocenters. The summed E-state index contributed by atoms with van der Waals surface area (Å²) in [6.45, 7) is 4.89. The van der Waals surface area contributed by atoms with Gasteiger partial charge in [-0.15, -0.1) is 10.2 Å². The van der Waals surface area contributed by atoms with Crippen molar-refractivity contribution in [2.24, 2.45) is 7.05 Å². The fourth-order valence-corrected chi connectivity index (χ4v) is 2.49. The summed E-state index contributed by atoms with van der Waals surface area (Å²) >= 11 is 0. The average molecular weight is 283 g/mol. The molecule has 21 heavy (non-hydrogen) atoms. The predicted molar refractivity (Wildman–Crippen MR) is 84.0 cm³/mol. The molecular weight excluding hydrogens is 262 g/mol. The number of rotatable bonds is 6. The third kappa shape index (κ3) is 2.97. The van der Waals surface area contributed by atoms with Crippen molar-refractivity contribution in [3.63, 3.8) is 0 Å². The van der Waals surface area contributed by atoms with E-state index in [-0.39, 0.29) is 0 Å². The Morgan fingerprint density at radius 3 is 2.90 bits per heavy atom. The first-order chi connectivity index (χ1) is 10.3. The Morgan fingerprint density at radius 1 is 1.24 bits per heavy atom. The van der Waals surface area contributed by atoms with Gasteiger partial charge >= 0.3 is 0 Å². The first-order valence-electron chi connectivity index (χ1n) is 7.39. The molecule has 0 radical (unpaired) electrons. The van der Waals surface area contributed by atoms with Gasteiger partial charge in [0.15, 0.2) is 5.82 Å². The molecule has 2 heterocycles. The molecule has 1 N–H and O–H groups in total. The summed E-state index contributed by atoms with van der Waals surface area (Å²) in [5.41, 5.74) is 2.56. The monoisotopic (exact) mass is 283 g/mol. The summed E-state index contributed by atoms with van der Waals surface area (Å²) in [5, 5.41) is 12.8. The van der Waals surface area contributed by atoms with E-state index in [1.54, 1.807) is 6.33 Å². The molecule has 0 unspecified atom stereocenters. The quantitative estimate of drug-likeness (QED) is 0.706. The first-order valence-corrected chi connectivity index (χ1v) is 7.39. The predicted octanol–water partition coefficient (Wildman–Crippen LogP) is 2.32. The minimum atomic E-state index is 0.742. The number of hydrogen-bond donors (Lipinski definition) is 1. The molecule has 110 valence electrons. The second kappa shape index (κ2) is 6.10. The maximum absolute atomic E-state index is 4.16. The number of nitrogens with one attached hydrogen (secondary N) is 1. The molecule has 0 saturated heterocycles. The van der Waals surface area contributed by atoms with Crippen molar-refractivity contribution < 1.29 is 0 Å². The van der Waals surface area contributed by atoms with E-state index in [1.165, 1.54) is 16.5 Å². The lowest BCUT2D eigenvalue weighted by molar-refractivity contribution is 0.675. The van der Waals surface area contributed by atoms with Crippen molar-refractivity contribution in [1.29, 1.82) is 0 Å². The van der Waals surface area contributed by atoms with Gasteiger partial charge in [0, 0.05) is 25.3 Å². The lowest BCUT2D eigenvalue weighted by atomic mass is 10.1. The number of fused-ring (bicyclic) bond motifs is 1. The van der Waals surface area contributed by atoms with Gasteiger partial charge < -0.3 is 14.5 Å². The molecule has 0 spiro atoms. The van der Waals surface area contributed by atoms with Crippen LogP contribution in [0.5, 0.6) is 0 Å². The maximum Gasteiger partial charge on any atom is 0.152 e. The smallest absolute Gasteiger partial charge is 0.152 e. The minimum absolute atomic E-state index is 0.742. The maximum atomic E-state index is 4.16. The van der Waals surface area contributed by atoms with Gasteiger partial charge in [-0.2, -0.15) is 0 Å². The van der Waals surface area contributed by atoms with Gasteiger partial charge in [-0.05, 0) is 36.0 Å². The lowest BCUT2D eigenvalue weighted by Crippen LogP contribution is -2.13. The molecule has 1 aromatic carbocycles. The highest BCUT2D eigenvalue weighted by Crippen LogP contribution is 2.18.